The van der Waals surface area contributed by atoms with Crippen molar-refractivity contribution < 1.29 is 24.5 Å². The molecule has 3 heterocycles. The van der Waals surface area contributed by atoms with Gasteiger partial charge in [-0.15, -0.1) is 11.3 Å². The summed E-state index contributed by atoms with van der Waals surface area (Å²) in [5.41, 5.74) is 2.58. The van der Waals surface area contributed by atoms with Crippen molar-refractivity contribution in [2.45, 2.75) is 65.2 Å². The van der Waals surface area contributed by atoms with Crippen LogP contribution in [0, 0.1) is 11.8 Å². The molecule has 9 heteroatoms. The molecule has 0 saturated carbocycles. The highest BCUT2D eigenvalue weighted by Crippen LogP contribution is 2.51. The van der Waals surface area contributed by atoms with Crippen LogP contribution in [0.1, 0.15) is 57.0 Å². The standard InChI is InChI=1S/C22H30N2O5S2/c1-4-5-6-7-9-29-22(28)19-20(30-10-8-16-15(11-25)23-12-31-16)13(2)18-17(14(3)26)21(27)24(18)19/h8,10,12-14,17-18,25-26H,4-7,9,11H2,1-3H3/b10-8-/t13-,14-,17-,18-/m1/s1. The smallest absolute Gasteiger partial charge is 0.355 e. The van der Waals surface area contributed by atoms with Gasteiger partial charge in [0.15, 0.2) is 0 Å². The summed E-state index contributed by atoms with van der Waals surface area (Å²) in [6.45, 7) is 5.91. The molecule has 2 aliphatic rings. The molecule has 0 bridgehead atoms. The number of amides is 1. The summed E-state index contributed by atoms with van der Waals surface area (Å²) in [7, 11) is 0. The second-order valence-electron chi connectivity index (χ2n) is 7.91. The average molecular weight is 467 g/mol. The highest BCUT2D eigenvalue weighted by Gasteiger charge is 2.60. The van der Waals surface area contributed by atoms with Crippen LogP contribution in [-0.2, 0) is 20.9 Å². The van der Waals surface area contributed by atoms with Gasteiger partial charge >= 0.3 is 5.97 Å². The van der Waals surface area contributed by atoms with Crippen LogP contribution >= 0.6 is 23.1 Å². The second kappa shape index (κ2) is 10.8. The number of unbranched alkanes of at least 4 members (excludes halogenated alkanes) is 3. The highest BCUT2D eigenvalue weighted by atomic mass is 32.2. The van der Waals surface area contributed by atoms with Crippen molar-refractivity contribution in [1.29, 1.82) is 0 Å². The maximum atomic E-state index is 12.9. The molecule has 1 aromatic heterocycles. The van der Waals surface area contributed by atoms with Crippen molar-refractivity contribution in [1.82, 2.24) is 9.88 Å². The highest BCUT2D eigenvalue weighted by molar-refractivity contribution is 8.06. The lowest BCUT2D eigenvalue weighted by atomic mass is 9.79. The third-order valence-electron chi connectivity index (χ3n) is 5.77. The lowest BCUT2D eigenvalue weighted by Crippen LogP contribution is -2.63. The molecule has 0 spiro atoms. The normalized spacial score (nSPS) is 24.0. The van der Waals surface area contributed by atoms with Crippen molar-refractivity contribution in [3.63, 3.8) is 0 Å². The summed E-state index contributed by atoms with van der Waals surface area (Å²) in [4.78, 5) is 32.9. The first-order valence-electron chi connectivity index (χ1n) is 10.7. The molecule has 0 aromatic carbocycles. The molecule has 31 heavy (non-hydrogen) atoms. The van der Waals surface area contributed by atoms with Gasteiger partial charge in [0.25, 0.3) is 0 Å². The number of carbonyl (C=O) groups is 2. The number of aliphatic hydroxyl groups is 2. The average Bonchev–Trinajstić information content (AvgIpc) is 3.28. The number of fused-ring (bicyclic) bond motifs is 1. The predicted molar refractivity (Wildman–Crippen MR) is 122 cm³/mol. The Morgan fingerprint density at radius 3 is 2.87 bits per heavy atom. The number of aromatic nitrogens is 1. The Balaban J connectivity index is 1.78. The van der Waals surface area contributed by atoms with Crippen LogP contribution in [0.15, 0.2) is 21.5 Å². The number of esters is 1. The van der Waals surface area contributed by atoms with E-state index >= 15 is 0 Å². The predicted octanol–water partition coefficient (Wildman–Crippen LogP) is 3.53. The van der Waals surface area contributed by atoms with E-state index in [2.05, 4.69) is 11.9 Å². The zero-order chi connectivity index (χ0) is 22.5. The third-order valence-corrected chi connectivity index (χ3v) is 7.70. The van der Waals surface area contributed by atoms with E-state index in [1.54, 1.807) is 12.4 Å². The summed E-state index contributed by atoms with van der Waals surface area (Å²) in [5, 5.41) is 21.3. The fourth-order valence-electron chi connectivity index (χ4n) is 4.13. The molecule has 1 saturated heterocycles. The van der Waals surface area contributed by atoms with Crippen molar-refractivity contribution >= 4 is 41.1 Å². The molecule has 0 unspecified atom stereocenters. The van der Waals surface area contributed by atoms with Crippen LogP contribution in [0.25, 0.3) is 6.08 Å². The molecular weight excluding hydrogens is 436 g/mol. The number of rotatable bonds is 11. The lowest BCUT2D eigenvalue weighted by Gasteiger charge is -2.46. The minimum Gasteiger partial charge on any atom is -0.461 e. The van der Waals surface area contributed by atoms with Gasteiger partial charge in [-0.1, -0.05) is 44.9 Å². The van der Waals surface area contributed by atoms with Gasteiger partial charge in [0, 0.05) is 10.8 Å². The fraction of sp³-hybridized carbons (Fsp3) is 0.591. The molecule has 1 fully saturated rings. The van der Waals surface area contributed by atoms with Gasteiger partial charge in [-0.3, -0.25) is 4.79 Å². The Morgan fingerprint density at radius 1 is 1.42 bits per heavy atom. The number of hydrogen-bond donors (Lipinski definition) is 2. The summed E-state index contributed by atoms with van der Waals surface area (Å²) in [6.07, 6.45) is 5.08. The van der Waals surface area contributed by atoms with E-state index in [-0.39, 0.29) is 24.5 Å². The Hall–Kier alpha value is -1.68. The largest absolute Gasteiger partial charge is 0.461 e. The molecular formula is C22H30N2O5S2. The number of carbonyl (C=O) groups excluding carboxylic acids is 2. The van der Waals surface area contributed by atoms with Crippen LogP contribution in [0.4, 0.5) is 0 Å². The number of β-lactam (4-membered cyclic amide) rings is 1. The van der Waals surface area contributed by atoms with Crippen LogP contribution < -0.4 is 0 Å². The molecule has 1 aromatic rings. The Morgan fingerprint density at radius 2 is 2.19 bits per heavy atom. The first-order valence-corrected chi connectivity index (χ1v) is 12.5. The fourth-order valence-corrected chi connectivity index (χ4v) is 5.91. The molecule has 3 rings (SSSR count). The number of hydrogen-bond acceptors (Lipinski definition) is 8. The van der Waals surface area contributed by atoms with Crippen molar-refractivity contribution in [3.05, 3.63) is 32.1 Å². The molecule has 4 atom stereocenters. The maximum absolute atomic E-state index is 12.9. The Labute approximate surface area is 191 Å². The van der Waals surface area contributed by atoms with Crippen molar-refractivity contribution in [2.75, 3.05) is 6.61 Å². The topological polar surface area (TPSA) is 100.0 Å². The van der Waals surface area contributed by atoms with E-state index in [1.165, 1.54) is 28.0 Å². The first kappa shape index (κ1) is 24.0. The summed E-state index contributed by atoms with van der Waals surface area (Å²) in [6, 6.07) is -0.234. The SMILES string of the molecule is CCCCCCOC(=O)C1=C(S/C=C\c2scnc2CO)[C@H](C)[C@@H]2[C@@H]([C@@H](C)O)C(=O)N12. The third kappa shape index (κ3) is 4.89. The second-order valence-corrected chi connectivity index (χ2v) is 9.74. The minimum absolute atomic E-state index is 0.0895. The summed E-state index contributed by atoms with van der Waals surface area (Å²) in [5.74, 6) is -1.30. The number of aliphatic hydroxyl groups excluding tert-OH is 2. The quantitative estimate of drug-likeness (QED) is 0.292. The van der Waals surface area contributed by atoms with Gasteiger partial charge in [-0.05, 0) is 24.8 Å². The number of ether oxygens (including phenoxy) is 1. The van der Waals surface area contributed by atoms with Crippen LogP contribution in [-0.4, -0.2) is 50.7 Å². The van der Waals surface area contributed by atoms with Gasteiger partial charge in [-0.25, -0.2) is 9.78 Å². The minimum atomic E-state index is -0.772. The van der Waals surface area contributed by atoms with E-state index in [1.807, 2.05) is 18.4 Å². The summed E-state index contributed by atoms with van der Waals surface area (Å²) < 4.78 is 5.50. The zero-order valence-corrected chi connectivity index (χ0v) is 19.7. The molecule has 2 aliphatic heterocycles. The van der Waals surface area contributed by atoms with Gasteiger partial charge in [-0.2, -0.15) is 0 Å². The number of thiazole rings is 1. The molecule has 1 amide bonds. The van der Waals surface area contributed by atoms with Crippen molar-refractivity contribution in [3.8, 4) is 0 Å². The summed E-state index contributed by atoms with van der Waals surface area (Å²) >= 11 is 2.80. The first-order chi connectivity index (χ1) is 14.9. The zero-order valence-electron chi connectivity index (χ0n) is 18.1. The van der Waals surface area contributed by atoms with E-state index < -0.39 is 18.0 Å². The number of nitrogens with zero attached hydrogens (tertiary/aromatic N) is 2. The molecule has 7 nitrogen and oxygen atoms in total. The van der Waals surface area contributed by atoms with Gasteiger partial charge < -0.3 is 19.8 Å². The Bertz CT molecular complexity index is 864. The van der Waals surface area contributed by atoms with Gasteiger partial charge in [0.2, 0.25) is 5.91 Å². The molecule has 170 valence electrons. The monoisotopic (exact) mass is 466 g/mol. The number of thioether (sulfide) groups is 1. The van der Waals surface area contributed by atoms with Crippen LogP contribution in [0.5, 0.6) is 0 Å². The van der Waals surface area contributed by atoms with E-state index in [9.17, 15) is 19.8 Å². The van der Waals surface area contributed by atoms with E-state index in [0.717, 1.165) is 35.5 Å². The van der Waals surface area contributed by atoms with Gasteiger partial charge in [0.05, 0.1) is 47.4 Å². The van der Waals surface area contributed by atoms with E-state index in [0.29, 0.717) is 18.0 Å². The molecule has 0 radical (unpaired) electrons. The Kier molecular flexibility index (Phi) is 8.32. The lowest BCUT2D eigenvalue weighted by molar-refractivity contribution is -0.164. The molecule has 2 N–H and O–H groups in total. The van der Waals surface area contributed by atoms with Crippen LogP contribution in [0.2, 0.25) is 0 Å². The van der Waals surface area contributed by atoms with Crippen LogP contribution in [0.3, 0.4) is 0 Å². The molecule has 0 aliphatic carbocycles. The van der Waals surface area contributed by atoms with Crippen molar-refractivity contribution in [2.24, 2.45) is 11.8 Å². The maximum Gasteiger partial charge on any atom is 0.355 e. The van der Waals surface area contributed by atoms with E-state index in [4.69, 9.17) is 4.74 Å². The van der Waals surface area contributed by atoms with Gasteiger partial charge in [0.1, 0.15) is 5.70 Å².